The predicted molar refractivity (Wildman–Crippen MR) is 80.3 cm³/mol. The summed E-state index contributed by atoms with van der Waals surface area (Å²) in [5, 5.41) is 19.7. The highest BCUT2D eigenvalue weighted by atomic mass is 16.3. The largest absolute Gasteiger partial charge is 0.389 e. The van der Waals surface area contributed by atoms with Gasteiger partial charge in [-0.15, -0.1) is 0 Å². The van der Waals surface area contributed by atoms with Crippen LogP contribution >= 0.6 is 0 Å². The number of nitrogens with zero attached hydrogens (tertiary/aromatic N) is 1. The zero-order valence-corrected chi connectivity index (χ0v) is 12.9. The van der Waals surface area contributed by atoms with Crippen molar-refractivity contribution in [3.63, 3.8) is 0 Å². The van der Waals surface area contributed by atoms with Crippen molar-refractivity contribution in [2.24, 2.45) is 0 Å². The van der Waals surface area contributed by atoms with Crippen LogP contribution in [0.25, 0.3) is 0 Å². The van der Waals surface area contributed by atoms with Crippen LogP contribution in [0.15, 0.2) is 0 Å². The quantitative estimate of drug-likeness (QED) is 0.600. The van der Waals surface area contributed by atoms with Crippen molar-refractivity contribution >= 4 is 0 Å². The lowest BCUT2D eigenvalue weighted by molar-refractivity contribution is 0.0354. The zero-order chi connectivity index (χ0) is 14.1. The van der Waals surface area contributed by atoms with Gasteiger partial charge in [0.2, 0.25) is 0 Å². The highest BCUT2D eigenvalue weighted by molar-refractivity contribution is 4.92. The minimum absolute atomic E-state index is 0.181. The summed E-state index contributed by atoms with van der Waals surface area (Å²) >= 11 is 0. The molecule has 0 aliphatic carbocycles. The SMILES string of the molecule is CCCCCCCCCN1C[C@H](O)[C@H](O)[C@H]1CCC. The first-order valence-electron chi connectivity index (χ1n) is 8.30. The summed E-state index contributed by atoms with van der Waals surface area (Å²) in [6, 6.07) is 0.181. The Bertz CT molecular complexity index is 223. The Morgan fingerprint density at radius 3 is 2.16 bits per heavy atom. The summed E-state index contributed by atoms with van der Waals surface area (Å²) in [6.07, 6.45) is 10.2. The average Bonchev–Trinajstić information content (AvgIpc) is 2.66. The number of aliphatic hydroxyl groups is 2. The summed E-state index contributed by atoms with van der Waals surface area (Å²) in [4.78, 5) is 2.30. The van der Waals surface area contributed by atoms with Crippen LogP contribution in [-0.2, 0) is 0 Å². The molecule has 1 heterocycles. The molecule has 3 atom stereocenters. The van der Waals surface area contributed by atoms with Gasteiger partial charge in [0.05, 0.1) is 12.2 Å². The van der Waals surface area contributed by atoms with E-state index in [4.69, 9.17) is 0 Å². The zero-order valence-electron chi connectivity index (χ0n) is 12.9. The lowest BCUT2D eigenvalue weighted by Crippen LogP contribution is -2.36. The molecular weight excluding hydrogens is 238 g/mol. The maximum atomic E-state index is 9.97. The first-order valence-corrected chi connectivity index (χ1v) is 8.30. The minimum Gasteiger partial charge on any atom is -0.389 e. The van der Waals surface area contributed by atoms with Crippen LogP contribution in [0, 0.1) is 0 Å². The van der Waals surface area contributed by atoms with E-state index >= 15 is 0 Å². The van der Waals surface area contributed by atoms with E-state index in [1.54, 1.807) is 0 Å². The van der Waals surface area contributed by atoms with Crippen molar-refractivity contribution < 1.29 is 10.2 Å². The smallest absolute Gasteiger partial charge is 0.0966 e. The van der Waals surface area contributed by atoms with Crippen molar-refractivity contribution in [2.75, 3.05) is 13.1 Å². The van der Waals surface area contributed by atoms with Crippen LogP contribution in [0.3, 0.4) is 0 Å². The summed E-state index contributed by atoms with van der Waals surface area (Å²) in [7, 11) is 0. The van der Waals surface area contributed by atoms with E-state index < -0.39 is 12.2 Å². The monoisotopic (exact) mass is 271 g/mol. The second kappa shape index (κ2) is 9.73. The molecule has 0 saturated carbocycles. The number of aliphatic hydroxyl groups excluding tert-OH is 2. The van der Waals surface area contributed by atoms with Gasteiger partial charge in [-0.2, -0.15) is 0 Å². The Labute approximate surface area is 119 Å². The first kappa shape index (κ1) is 16.9. The van der Waals surface area contributed by atoms with Gasteiger partial charge in [-0.05, 0) is 19.4 Å². The summed E-state index contributed by atoms with van der Waals surface area (Å²) in [6.45, 7) is 6.08. The molecule has 0 spiro atoms. The second-order valence-corrected chi connectivity index (χ2v) is 6.03. The van der Waals surface area contributed by atoms with Crippen LogP contribution in [0.4, 0.5) is 0 Å². The van der Waals surface area contributed by atoms with Gasteiger partial charge in [0.25, 0.3) is 0 Å². The molecule has 0 radical (unpaired) electrons. The van der Waals surface area contributed by atoms with Crippen molar-refractivity contribution in [1.29, 1.82) is 0 Å². The average molecular weight is 271 g/mol. The summed E-state index contributed by atoms with van der Waals surface area (Å²) in [5.74, 6) is 0. The standard InChI is InChI=1S/C16H33NO2/c1-3-5-6-7-8-9-10-12-17-13-15(18)16(19)14(17)11-4-2/h14-16,18-19H,3-13H2,1-2H3/t14-,15+,16-/m1/s1. The molecule has 1 saturated heterocycles. The van der Waals surface area contributed by atoms with E-state index in [2.05, 4.69) is 18.7 Å². The molecule has 0 aromatic carbocycles. The van der Waals surface area contributed by atoms with Gasteiger partial charge in [-0.3, -0.25) is 4.90 Å². The van der Waals surface area contributed by atoms with Gasteiger partial charge in [0, 0.05) is 12.6 Å². The van der Waals surface area contributed by atoms with Crippen LogP contribution in [0.5, 0.6) is 0 Å². The summed E-state index contributed by atoms with van der Waals surface area (Å²) in [5.41, 5.74) is 0. The van der Waals surface area contributed by atoms with Crippen LogP contribution < -0.4 is 0 Å². The Hall–Kier alpha value is -0.120. The second-order valence-electron chi connectivity index (χ2n) is 6.03. The number of rotatable bonds is 10. The highest BCUT2D eigenvalue weighted by Gasteiger charge is 2.38. The third-order valence-corrected chi connectivity index (χ3v) is 4.31. The normalized spacial score (nSPS) is 28.1. The topological polar surface area (TPSA) is 43.7 Å². The van der Waals surface area contributed by atoms with Gasteiger partial charge >= 0.3 is 0 Å². The molecule has 1 aliphatic heterocycles. The van der Waals surface area contributed by atoms with E-state index in [9.17, 15) is 10.2 Å². The lowest BCUT2D eigenvalue weighted by Gasteiger charge is -2.25. The molecular formula is C16H33NO2. The van der Waals surface area contributed by atoms with Crippen LogP contribution in [-0.4, -0.2) is 46.5 Å². The molecule has 0 unspecified atom stereocenters. The molecule has 3 heteroatoms. The molecule has 0 aromatic heterocycles. The minimum atomic E-state index is -0.541. The highest BCUT2D eigenvalue weighted by Crippen LogP contribution is 2.23. The van der Waals surface area contributed by atoms with Crippen molar-refractivity contribution in [3.05, 3.63) is 0 Å². The molecule has 114 valence electrons. The van der Waals surface area contributed by atoms with E-state index in [1.165, 1.54) is 44.9 Å². The van der Waals surface area contributed by atoms with E-state index in [0.29, 0.717) is 6.54 Å². The van der Waals surface area contributed by atoms with Crippen molar-refractivity contribution in [3.8, 4) is 0 Å². The van der Waals surface area contributed by atoms with Crippen LogP contribution in [0.1, 0.15) is 71.6 Å². The first-order chi connectivity index (χ1) is 9.20. The van der Waals surface area contributed by atoms with Crippen molar-refractivity contribution in [1.82, 2.24) is 4.90 Å². The van der Waals surface area contributed by atoms with Gasteiger partial charge in [-0.1, -0.05) is 58.8 Å². The Morgan fingerprint density at radius 2 is 1.53 bits per heavy atom. The van der Waals surface area contributed by atoms with Gasteiger partial charge in [-0.25, -0.2) is 0 Å². The molecule has 0 bridgehead atoms. The maximum Gasteiger partial charge on any atom is 0.0966 e. The molecule has 2 N–H and O–H groups in total. The number of hydrogen-bond acceptors (Lipinski definition) is 3. The fraction of sp³-hybridized carbons (Fsp3) is 1.00. The molecule has 0 amide bonds. The maximum absolute atomic E-state index is 9.97. The molecule has 1 aliphatic rings. The van der Waals surface area contributed by atoms with Gasteiger partial charge < -0.3 is 10.2 Å². The fourth-order valence-corrected chi connectivity index (χ4v) is 3.13. The molecule has 1 fully saturated rings. The number of β-amino-alcohol motifs (C(OH)–C–C–N with tert-alkyl or cyclic N) is 1. The Morgan fingerprint density at radius 1 is 0.895 bits per heavy atom. The molecule has 0 aromatic rings. The third kappa shape index (κ3) is 5.80. The fourth-order valence-electron chi connectivity index (χ4n) is 3.13. The predicted octanol–water partition coefficient (Wildman–Crippen LogP) is 2.94. The molecule has 1 rings (SSSR count). The molecule has 19 heavy (non-hydrogen) atoms. The number of unbranched alkanes of at least 4 members (excludes halogenated alkanes) is 6. The summed E-state index contributed by atoms with van der Waals surface area (Å²) < 4.78 is 0. The Balaban J connectivity index is 2.13. The lowest BCUT2D eigenvalue weighted by atomic mass is 10.1. The number of hydrogen-bond donors (Lipinski definition) is 2. The van der Waals surface area contributed by atoms with E-state index in [1.807, 2.05) is 0 Å². The van der Waals surface area contributed by atoms with Gasteiger partial charge in [0.15, 0.2) is 0 Å². The van der Waals surface area contributed by atoms with E-state index in [-0.39, 0.29) is 6.04 Å². The third-order valence-electron chi connectivity index (χ3n) is 4.31. The van der Waals surface area contributed by atoms with Gasteiger partial charge in [0.1, 0.15) is 0 Å². The van der Waals surface area contributed by atoms with E-state index in [0.717, 1.165) is 19.4 Å². The molecule has 3 nitrogen and oxygen atoms in total. The Kier molecular flexibility index (Phi) is 8.67. The number of likely N-dealkylation sites (tertiary alicyclic amines) is 1. The van der Waals surface area contributed by atoms with Crippen molar-refractivity contribution in [2.45, 2.75) is 89.9 Å². The van der Waals surface area contributed by atoms with Crippen LogP contribution in [0.2, 0.25) is 0 Å².